The fraction of sp³-hybridized carbons (Fsp3) is 0.148. The Kier molecular flexibility index (Phi) is 6.53. The van der Waals surface area contributed by atoms with E-state index in [0.29, 0.717) is 17.9 Å². The number of fused-ring (bicyclic) bond motifs is 1. The SMILES string of the molecule is CCNC(=O)Nc1ccc(-c2nc(C)sc2-c2ccnc3c2ccn3S(=O)(=O)c2ccc(C)cc2)cc1. The third-order valence-electron chi connectivity index (χ3n) is 5.86. The van der Waals surface area contributed by atoms with Gasteiger partial charge < -0.3 is 10.6 Å². The molecule has 0 spiro atoms. The van der Waals surface area contributed by atoms with E-state index in [9.17, 15) is 13.2 Å². The number of carbonyl (C=O) groups is 1. The van der Waals surface area contributed by atoms with Crippen LogP contribution in [0.4, 0.5) is 10.5 Å². The maximum atomic E-state index is 13.4. The normalized spacial score (nSPS) is 11.5. The van der Waals surface area contributed by atoms with E-state index in [4.69, 9.17) is 4.98 Å². The lowest BCUT2D eigenvalue weighted by atomic mass is 10.1. The topological polar surface area (TPSA) is 106 Å². The highest BCUT2D eigenvalue weighted by Gasteiger charge is 2.23. The standard InChI is InChI=1S/C27H25N5O3S2/c1-4-28-27(33)31-20-9-7-19(8-10-20)24-25(36-18(3)30-24)22-13-15-29-26-23(22)14-16-32(26)37(34,35)21-11-5-17(2)6-12-21/h5-16H,4H2,1-3H3,(H2,28,31,33). The van der Waals surface area contributed by atoms with Crippen molar-refractivity contribution in [1.82, 2.24) is 19.3 Å². The fourth-order valence-electron chi connectivity index (χ4n) is 4.08. The zero-order valence-electron chi connectivity index (χ0n) is 20.5. The summed E-state index contributed by atoms with van der Waals surface area (Å²) >= 11 is 1.54. The van der Waals surface area contributed by atoms with Crippen molar-refractivity contribution in [3.8, 4) is 21.7 Å². The van der Waals surface area contributed by atoms with Crippen LogP contribution in [0.5, 0.6) is 0 Å². The van der Waals surface area contributed by atoms with Crippen molar-refractivity contribution in [2.45, 2.75) is 25.7 Å². The number of aryl methyl sites for hydroxylation is 2. The van der Waals surface area contributed by atoms with Crippen LogP contribution in [-0.4, -0.2) is 34.9 Å². The molecule has 0 aliphatic carbocycles. The van der Waals surface area contributed by atoms with Gasteiger partial charge in [0.25, 0.3) is 10.0 Å². The smallest absolute Gasteiger partial charge is 0.319 e. The molecule has 5 aromatic rings. The largest absolute Gasteiger partial charge is 0.338 e. The first-order chi connectivity index (χ1) is 17.8. The number of aromatic nitrogens is 3. The summed E-state index contributed by atoms with van der Waals surface area (Å²) < 4.78 is 28.0. The number of amides is 2. The first kappa shape index (κ1) is 24.7. The van der Waals surface area contributed by atoms with Crippen LogP contribution < -0.4 is 10.6 Å². The molecule has 0 aliphatic rings. The Morgan fingerprint density at radius 2 is 1.73 bits per heavy atom. The van der Waals surface area contributed by atoms with E-state index in [-0.39, 0.29) is 10.9 Å². The number of pyridine rings is 1. The number of carbonyl (C=O) groups excluding carboxylic acids is 1. The second-order valence-electron chi connectivity index (χ2n) is 8.50. The number of benzene rings is 2. The van der Waals surface area contributed by atoms with E-state index in [1.165, 1.54) is 15.3 Å². The van der Waals surface area contributed by atoms with E-state index in [1.807, 2.05) is 51.1 Å². The molecule has 3 aromatic heterocycles. The van der Waals surface area contributed by atoms with E-state index < -0.39 is 10.0 Å². The number of urea groups is 1. The van der Waals surface area contributed by atoms with E-state index >= 15 is 0 Å². The van der Waals surface area contributed by atoms with Crippen LogP contribution in [0.1, 0.15) is 17.5 Å². The van der Waals surface area contributed by atoms with Crippen LogP contribution in [-0.2, 0) is 10.0 Å². The summed E-state index contributed by atoms with van der Waals surface area (Å²) in [5.41, 5.74) is 4.54. The quantitative estimate of drug-likeness (QED) is 0.287. The molecule has 0 fully saturated rings. The molecule has 8 nitrogen and oxygen atoms in total. The molecule has 3 heterocycles. The highest BCUT2D eigenvalue weighted by Crippen LogP contribution is 2.40. The van der Waals surface area contributed by atoms with Crippen molar-refractivity contribution < 1.29 is 13.2 Å². The molecule has 2 amide bonds. The van der Waals surface area contributed by atoms with Gasteiger partial charge in [0.05, 0.1) is 20.5 Å². The van der Waals surface area contributed by atoms with Gasteiger partial charge in [0, 0.05) is 41.1 Å². The molecule has 0 radical (unpaired) electrons. The number of hydrogen-bond acceptors (Lipinski definition) is 6. The fourth-order valence-corrected chi connectivity index (χ4v) is 6.37. The molecule has 0 atom stereocenters. The summed E-state index contributed by atoms with van der Waals surface area (Å²) in [6, 6.07) is 17.6. The van der Waals surface area contributed by atoms with Gasteiger partial charge in [0.15, 0.2) is 5.65 Å². The van der Waals surface area contributed by atoms with Crippen molar-refractivity contribution >= 4 is 44.1 Å². The molecule has 2 N–H and O–H groups in total. The third-order valence-corrected chi connectivity index (χ3v) is 8.55. The minimum absolute atomic E-state index is 0.207. The second-order valence-corrected chi connectivity index (χ2v) is 11.5. The number of nitrogens with one attached hydrogen (secondary N) is 2. The molecule has 10 heteroatoms. The molecule has 0 saturated heterocycles. The first-order valence-corrected chi connectivity index (χ1v) is 13.9. The molecule has 0 saturated carbocycles. The number of rotatable bonds is 6. The summed E-state index contributed by atoms with van der Waals surface area (Å²) in [5, 5.41) is 7.10. The molecule has 5 rings (SSSR count). The van der Waals surface area contributed by atoms with Crippen molar-refractivity contribution in [2.24, 2.45) is 0 Å². The van der Waals surface area contributed by atoms with Crippen LogP contribution >= 0.6 is 11.3 Å². The average molecular weight is 532 g/mol. The van der Waals surface area contributed by atoms with E-state index in [0.717, 1.165) is 37.7 Å². The first-order valence-electron chi connectivity index (χ1n) is 11.7. The van der Waals surface area contributed by atoms with Gasteiger partial charge in [0.2, 0.25) is 0 Å². The Labute approximate surface area is 219 Å². The van der Waals surface area contributed by atoms with E-state index in [2.05, 4.69) is 15.6 Å². The summed E-state index contributed by atoms with van der Waals surface area (Å²) in [4.78, 5) is 22.1. The monoisotopic (exact) mass is 531 g/mol. The lowest BCUT2D eigenvalue weighted by Crippen LogP contribution is -2.28. The van der Waals surface area contributed by atoms with Crippen molar-refractivity contribution in [1.29, 1.82) is 0 Å². The van der Waals surface area contributed by atoms with E-state index in [1.54, 1.807) is 42.7 Å². The summed E-state index contributed by atoms with van der Waals surface area (Å²) in [6.45, 7) is 6.25. The molecule has 2 aromatic carbocycles. The number of anilines is 1. The van der Waals surface area contributed by atoms with Crippen LogP contribution in [0.2, 0.25) is 0 Å². The Bertz CT molecular complexity index is 1700. The highest BCUT2D eigenvalue weighted by atomic mass is 32.2. The van der Waals surface area contributed by atoms with Gasteiger partial charge in [-0.3, -0.25) is 0 Å². The van der Waals surface area contributed by atoms with Crippen molar-refractivity contribution in [2.75, 3.05) is 11.9 Å². The van der Waals surface area contributed by atoms with Crippen LogP contribution in [0.15, 0.2) is 78.0 Å². The lowest BCUT2D eigenvalue weighted by Gasteiger charge is -2.09. The lowest BCUT2D eigenvalue weighted by molar-refractivity contribution is 0.252. The molecular weight excluding hydrogens is 506 g/mol. The van der Waals surface area contributed by atoms with Gasteiger partial charge in [-0.1, -0.05) is 29.8 Å². The van der Waals surface area contributed by atoms with Crippen molar-refractivity contribution in [3.63, 3.8) is 0 Å². The van der Waals surface area contributed by atoms with Gasteiger partial charge >= 0.3 is 6.03 Å². The zero-order chi connectivity index (χ0) is 26.2. The van der Waals surface area contributed by atoms with Gasteiger partial charge in [-0.25, -0.2) is 27.2 Å². The predicted octanol–water partition coefficient (Wildman–Crippen LogP) is 5.82. The van der Waals surface area contributed by atoms with Crippen molar-refractivity contribution in [3.05, 3.63) is 83.6 Å². The van der Waals surface area contributed by atoms with Crippen LogP contribution in [0.3, 0.4) is 0 Å². The average Bonchev–Trinajstić information content (AvgIpc) is 3.49. The summed E-state index contributed by atoms with van der Waals surface area (Å²) in [7, 11) is -3.81. The molecule has 0 bridgehead atoms. The number of nitrogens with zero attached hydrogens (tertiary/aromatic N) is 3. The predicted molar refractivity (Wildman–Crippen MR) is 147 cm³/mol. The Morgan fingerprint density at radius 1 is 1.00 bits per heavy atom. The van der Waals surface area contributed by atoms with Gasteiger partial charge in [-0.2, -0.15) is 0 Å². The molecule has 37 heavy (non-hydrogen) atoms. The molecule has 188 valence electrons. The Morgan fingerprint density at radius 3 is 2.43 bits per heavy atom. The van der Waals surface area contributed by atoms with Crippen LogP contribution in [0, 0.1) is 13.8 Å². The second kappa shape index (κ2) is 9.79. The molecule has 0 aliphatic heterocycles. The third kappa shape index (κ3) is 4.73. The minimum atomic E-state index is -3.81. The molecular formula is C27H25N5O3S2. The Hall–Kier alpha value is -4.02. The Balaban J connectivity index is 1.56. The minimum Gasteiger partial charge on any atom is -0.338 e. The summed E-state index contributed by atoms with van der Waals surface area (Å²) in [5.74, 6) is 0. The van der Waals surface area contributed by atoms with Crippen LogP contribution in [0.25, 0.3) is 32.7 Å². The van der Waals surface area contributed by atoms with Gasteiger partial charge in [-0.15, -0.1) is 11.3 Å². The molecule has 0 unspecified atom stereocenters. The number of hydrogen-bond donors (Lipinski definition) is 2. The van der Waals surface area contributed by atoms with Gasteiger partial charge in [-0.05, 0) is 57.2 Å². The highest BCUT2D eigenvalue weighted by molar-refractivity contribution is 7.90. The van der Waals surface area contributed by atoms with Gasteiger partial charge in [0.1, 0.15) is 0 Å². The summed E-state index contributed by atoms with van der Waals surface area (Å²) in [6.07, 6.45) is 3.17. The maximum absolute atomic E-state index is 13.4. The maximum Gasteiger partial charge on any atom is 0.319 e. The zero-order valence-corrected chi connectivity index (χ0v) is 22.2. The number of thiazole rings is 1.